The molecule has 0 unspecified atom stereocenters. The summed E-state index contributed by atoms with van der Waals surface area (Å²) in [6.07, 6.45) is -4.19. The minimum atomic E-state index is -4.19. The van der Waals surface area contributed by atoms with Crippen LogP contribution in [-0.4, -0.2) is 48.4 Å². The zero-order chi connectivity index (χ0) is 17.0. The SMILES string of the molecule is FC(F)(F)CSCc1nc(-c2ccc(N3CCOCC3)cc2)no1. The summed E-state index contributed by atoms with van der Waals surface area (Å²) in [5.41, 5.74) is 1.86. The first-order chi connectivity index (χ1) is 11.5. The van der Waals surface area contributed by atoms with E-state index in [0.29, 0.717) is 30.8 Å². The first kappa shape index (κ1) is 17.1. The van der Waals surface area contributed by atoms with E-state index in [2.05, 4.69) is 15.0 Å². The van der Waals surface area contributed by atoms with Gasteiger partial charge < -0.3 is 14.2 Å². The van der Waals surface area contributed by atoms with E-state index in [-0.39, 0.29) is 11.6 Å². The quantitative estimate of drug-likeness (QED) is 0.816. The smallest absolute Gasteiger partial charge is 0.378 e. The Morgan fingerprint density at radius 3 is 2.50 bits per heavy atom. The molecule has 3 rings (SSSR count). The van der Waals surface area contributed by atoms with Crippen LogP contribution in [0.15, 0.2) is 28.8 Å². The van der Waals surface area contributed by atoms with Gasteiger partial charge in [-0.2, -0.15) is 18.2 Å². The van der Waals surface area contributed by atoms with Crippen LogP contribution in [0.2, 0.25) is 0 Å². The molecule has 1 fully saturated rings. The largest absolute Gasteiger partial charge is 0.397 e. The lowest BCUT2D eigenvalue weighted by molar-refractivity contribution is -0.105. The van der Waals surface area contributed by atoms with Crippen LogP contribution < -0.4 is 4.90 Å². The van der Waals surface area contributed by atoms with Gasteiger partial charge in [-0.15, -0.1) is 11.8 Å². The lowest BCUT2D eigenvalue weighted by atomic mass is 10.2. The molecular formula is C15H16F3N3O2S. The fourth-order valence-electron chi connectivity index (χ4n) is 2.33. The topological polar surface area (TPSA) is 51.4 Å². The van der Waals surface area contributed by atoms with E-state index < -0.39 is 11.9 Å². The molecule has 1 aromatic heterocycles. The molecule has 130 valence electrons. The number of halogens is 3. The number of aromatic nitrogens is 2. The second kappa shape index (κ2) is 7.43. The third-order valence-corrected chi connectivity index (χ3v) is 4.44. The molecule has 0 bridgehead atoms. The van der Waals surface area contributed by atoms with Gasteiger partial charge in [0.05, 0.1) is 24.7 Å². The fourth-order valence-corrected chi connectivity index (χ4v) is 2.95. The Morgan fingerprint density at radius 1 is 1.12 bits per heavy atom. The average Bonchev–Trinajstić information content (AvgIpc) is 3.03. The third kappa shape index (κ3) is 4.64. The maximum atomic E-state index is 12.1. The highest BCUT2D eigenvalue weighted by Gasteiger charge is 2.27. The number of alkyl halides is 3. The van der Waals surface area contributed by atoms with E-state index in [1.807, 2.05) is 24.3 Å². The van der Waals surface area contributed by atoms with Gasteiger partial charge in [-0.25, -0.2) is 0 Å². The Labute approximate surface area is 141 Å². The van der Waals surface area contributed by atoms with Crippen LogP contribution in [0.25, 0.3) is 11.4 Å². The second-order valence-electron chi connectivity index (χ2n) is 5.27. The summed E-state index contributed by atoms with van der Waals surface area (Å²) in [7, 11) is 0. The van der Waals surface area contributed by atoms with Crippen molar-refractivity contribution in [1.29, 1.82) is 0 Å². The molecule has 0 aliphatic carbocycles. The summed E-state index contributed by atoms with van der Waals surface area (Å²) >= 11 is 0.703. The van der Waals surface area contributed by atoms with Gasteiger partial charge in [0.25, 0.3) is 0 Å². The highest BCUT2D eigenvalue weighted by molar-refractivity contribution is 7.98. The molecule has 1 aliphatic heterocycles. The van der Waals surface area contributed by atoms with Gasteiger partial charge in [0.1, 0.15) is 0 Å². The molecule has 0 amide bonds. The van der Waals surface area contributed by atoms with Gasteiger partial charge in [0.15, 0.2) is 0 Å². The van der Waals surface area contributed by atoms with Crippen molar-refractivity contribution >= 4 is 17.4 Å². The summed E-state index contributed by atoms with van der Waals surface area (Å²) in [4.78, 5) is 6.37. The summed E-state index contributed by atoms with van der Waals surface area (Å²) < 4.78 is 46.7. The maximum Gasteiger partial charge on any atom is 0.397 e. The summed E-state index contributed by atoms with van der Waals surface area (Å²) in [6.45, 7) is 3.13. The van der Waals surface area contributed by atoms with E-state index in [0.717, 1.165) is 24.3 Å². The van der Waals surface area contributed by atoms with Crippen LogP contribution in [0.4, 0.5) is 18.9 Å². The minimum Gasteiger partial charge on any atom is -0.378 e. The standard InChI is InChI=1S/C15H16F3N3O2S/c16-15(17,18)10-24-9-13-19-14(20-23-13)11-1-3-12(4-2-11)21-5-7-22-8-6-21/h1-4H,5-10H2. The Morgan fingerprint density at radius 2 is 1.83 bits per heavy atom. The second-order valence-corrected chi connectivity index (χ2v) is 6.25. The zero-order valence-electron chi connectivity index (χ0n) is 12.8. The number of benzene rings is 1. The maximum absolute atomic E-state index is 12.1. The van der Waals surface area contributed by atoms with Crippen LogP contribution in [0.1, 0.15) is 5.89 Å². The molecule has 0 spiro atoms. The Kier molecular flexibility index (Phi) is 5.30. The number of morpholine rings is 1. The van der Waals surface area contributed by atoms with E-state index >= 15 is 0 Å². The molecule has 5 nitrogen and oxygen atoms in total. The summed E-state index contributed by atoms with van der Waals surface area (Å²) in [5, 5.41) is 3.83. The van der Waals surface area contributed by atoms with Crippen LogP contribution in [0, 0.1) is 0 Å². The minimum absolute atomic E-state index is 0.0401. The molecular weight excluding hydrogens is 343 g/mol. The van der Waals surface area contributed by atoms with Gasteiger partial charge in [0.2, 0.25) is 11.7 Å². The van der Waals surface area contributed by atoms with Gasteiger partial charge in [0, 0.05) is 24.3 Å². The highest BCUT2D eigenvalue weighted by atomic mass is 32.2. The van der Waals surface area contributed by atoms with E-state index in [9.17, 15) is 13.2 Å². The fraction of sp³-hybridized carbons (Fsp3) is 0.467. The van der Waals surface area contributed by atoms with Crippen molar-refractivity contribution in [3.63, 3.8) is 0 Å². The third-order valence-electron chi connectivity index (χ3n) is 3.46. The highest BCUT2D eigenvalue weighted by Crippen LogP contribution is 2.25. The molecule has 1 aliphatic rings. The van der Waals surface area contributed by atoms with Crippen molar-refractivity contribution < 1.29 is 22.4 Å². The Bertz CT molecular complexity index is 655. The molecule has 2 aromatic rings. The molecule has 0 radical (unpaired) electrons. The first-order valence-corrected chi connectivity index (χ1v) is 8.57. The number of thioether (sulfide) groups is 1. The Hall–Kier alpha value is -1.74. The predicted octanol–water partition coefficient (Wildman–Crippen LogP) is 3.37. The lowest BCUT2D eigenvalue weighted by Crippen LogP contribution is -2.36. The Balaban J connectivity index is 1.60. The predicted molar refractivity (Wildman–Crippen MR) is 85.0 cm³/mol. The van der Waals surface area contributed by atoms with Gasteiger partial charge >= 0.3 is 6.18 Å². The van der Waals surface area contributed by atoms with Crippen molar-refractivity contribution in [2.24, 2.45) is 0 Å². The number of nitrogens with zero attached hydrogens (tertiary/aromatic N) is 3. The van der Waals surface area contributed by atoms with Crippen molar-refractivity contribution in [3.05, 3.63) is 30.2 Å². The average molecular weight is 359 g/mol. The van der Waals surface area contributed by atoms with E-state index in [1.54, 1.807) is 0 Å². The first-order valence-electron chi connectivity index (χ1n) is 7.41. The molecule has 9 heteroatoms. The van der Waals surface area contributed by atoms with Crippen LogP contribution in [-0.2, 0) is 10.5 Å². The molecule has 2 heterocycles. The van der Waals surface area contributed by atoms with E-state index in [1.165, 1.54) is 0 Å². The van der Waals surface area contributed by atoms with Crippen LogP contribution in [0.5, 0.6) is 0 Å². The van der Waals surface area contributed by atoms with Gasteiger partial charge in [-0.05, 0) is 24.3 Å². The summed E-state index contributed by atoms with van der Waals surface area (Å²) in [6, 6.07) is 7.69. The molecule has 24 heavy (non-hydrogen) atoms. The summed E-state index contributed by atoms with van der Waals surface area (Å²) in [5.74, 6) is -0.320. The van der Waals surface area contributed by atoms with E-state index in [4.69, 9.17) is 9.26 Å². The number of hydrogen-bond acceptors (Lipinski definition) is 6. The van der Waals surface area contributed by atoms with Crippen molar-refractivity contribution in [3.8, 4) is 11.4 Å². The molecule has 1 aromatic carbocycles. The number of rotatable bonds is 5. The number of anilines is 1. The van der Waals surface area contributed by atoms with Crippen molar-refractivity contribution in [2.45, 2.75) is 11.9 Å². The normalized spacial score (nSPS) is 15.7. The van der Waals surface area contributed by atoms with Crippen molar-refractivity contribution in [2.75, 3.05) is 37.0 Å². The molecule has 1 saturated heterocycles. The number of hydrogen-bond donors (Lipinski definition) is 0. The molecule has 0 N–H and O–H groups in total. The van der Waals surface area contributed by atoms with Crippen LogP contribution in [0.3, 0.4) is 0 Å². The van der Waals surface area contributed by atoms with Crippen molar-refractivity contribution in [1.82, 2.24) is 10.1 Å². The number of ether oxygens (including phenoxy) is 1. The van der Waals surface area contributed by atoms with Gasteiger partial charge in [-0.3, -0.25) is 0 Å². The van der Waals surface area contributed by atoms with Crippen LogP contribution >= 0.6 is 11.8 Å². The zero-order valence-corrected chi connectivity index (χ0v) is 13.6. The molecule has 0 atom stereocenters. The van der Waals surface area contributed by atoms with Gasteiger partial charge in [-0.1, -0.05) is 5.16 Å². The monoisotopic (exact) mass is 359 g/mol. The molecule has 0 saturated carbocycles. The lowest BCUT2D eigenvalue weighted by Gasteiger charge is -2.28.